The number of sulfonamides is 1. The number of aromatic nitrogens is 2. The lowest BCUT2D eigenvalue weighted by Crippen LogP contribution is -2.18. The van der Waals surface area contributed by atoms with Crippen LogP contribution in [0.5, 0.6) is 0 Å². The zero-order chi connectivity index (χ0) is 15.6. The van der Waals surface area contributed by atoms with E-state index < -0.39 is 15.6 Å². The second-order valence-electron chi connectivity index (χ2n) is 4.61. The Hall–Kier alpha value is -2.19. The number of H-pyrrole nitrogens is 1. The van der Waals surface area contributed by atoms with Gasteiger partial charge in [0.1, 0.15) is 0 Å². The molecule has 0 unspecified atom stereocenters. The number of aliphatic hydroxyl groups excluding tert-OH is 1. The molecule has 0 amide bonds. The van der Waals surface area contributed by atoms with Crippen LogP contribution >= 0.6 is 0 Å². The summed E-state index contributed by atoms with van der Waals surface area (Å²) in [6.45, 7) is 3.21. The minimum atomic E-state index is -3.86. The Labute approximate surface area is 121 Å². The van der Waals surface area contributed by atoms with Crippen molar-refractivity contribution in [3.8, 4) is 0 Å². The van der Waals surface area contributed by atoms with E-state index in [0.717, 1.165) is 5.56 Å². The van der Waals surface area contributed by atoms with E-state index in [1.165, 1.54) is 18.2 Å². The zero-order valence-electron chi connectivity index (χ0n) is 11.5. The second kappa shape index (κ2) is 5.66. The number of hydrogen-bond donors (Lipinski definition) is 3. The van der Waals surface area contributed by atoms with Crippen LogP contribution in [0.2, 0.25) is 0 Å². The van der Waals surface area contributed by atoms with Crippen LogP contribution in [0, 0.1) is 13.8 Å². The van der Waals surface area contributed by atoms with E-state index >= 15 is 0 Å². The number of anilines is 1. The van der Waals surface area contributed by atoms with Crippen molar-refractivity contribution in [1.82, 2.24) is 10.2 Å². The van der Waals surface area contributed by atoms with Gasteiger partial charge in [0, 0.05) is 6.07 Å². The molecule has 1 heterocycles. The van der Waals surface area contributed by atoms with Crippen molar-refractivity contribution in [1.29, 1.82) is 0 Å². The molecule has 1 aromatic carbocycles. The van der Waals surface area contributed by atoms with E-state index in [9.17, 15) is 18.3 Å². The van der Waals surface area contributed by atoms with Gasteiger partial charge in [-0.2, -0.15) is 5.10 Å². The maximum atomic E-state index is 12.4. The van der Waals surface area contributed by atoms with Crippen LogP contribution in [0.4, 0.5) is 5.82 Å². The number of nitrogens with zero attached hydrogens (tertiary/aromatic N) is 1. The lowest BCUT2D eigenvalue weighted by molar-refractivity contribution is 0.281. The van der Waals surface area contributed by atoms with Gasteiger partial charge in [0.05, 0.1) is 11.5 Å². The van der Waals surface area contributed by atoms with Gasteiger partial charge in [-0.3, -0.25) is 9.52 Å². The van der Waals surface area contributed by atoms with Crippen molar-refractivity contribution in [2.45, 2.75) is 25.3 Å². The molecule has 0 spiro atoms. The molecule has 3 N–H and O–H groups in total. The lowest BCUT2D eigenvalue weighted by atomic mass is 10.1. The summed E-state index contributed by atoms with van der Waals surface area (Å²) in [5, 5.41) is 15.0. The Bertz CT molecular complexity index is 807. The predicted octanol–water partition coefficient (Wildman–Crippen LogP) is 0.680. The van der Waals surface area contributed by atoms with Crippen molar-refractivity contribution >= 4 is 15.8 Å². The summed E-state index contributed by atoms with van der Waals surface area (Å²) in [5.41, 5.74) is 1.43. The van der Waals surface area contributed by atoms with E-state index in [-0.39, 0.29) is 17.3 Å². The SMILES string of the molecule is Cc1cc(CO)cc(S(=O)(=O)Nc2ccc(=O)[nH]n2)c1C. The monoisotopic (exact) mass is 309 g/mol. The molecular formula is C13H15N3O4S. The van der Waals surface area contributed by atoms with Gasteiger partial charge in [-0.05, 0) is 42.7 Å². The first-order chi connectivity index (χ1) is 9.83. The van der Waals surface area contributed by atoms with Crippen LogP contribution in [0.15, 0.2) is 34.0 Å². The molecule has 8 heteroatoms. The molecule has 2 aromatic rings. The molecule has 0 saturated carbocycles. The first-order valence-electron chi connectivity index (χ1n) is 6.13. The van der Waals surface area contributed by atoms with Gasteiger partial charge >= 0.3 is 0 Å². The second-order valence-corrected chi connectivity index (χ2v) is 6.26. The molecule has 0 aliphatic heterocycles. The highest BCUT2D eigenvalue weighted by Crippen LogP contribution is 2.22. The Morgan fingerprint density at radius 2 is 2.00 bits per heavy atom. The fourth-order valence-corrected chi connectivity index (χ4v) is 3.23. The van der Waals surface area contributed by atoms with Gasteiger partial charge in [-0.15, -0.1) is 0 Å². The highest BCUT2D eigenvalue weighted by Gasteiger charge is 2.19. The molecule has 21 heavy (non-hydrogen) atoms. The molecule has 2 rings (SSSR count). The van der Waals surface area contributed by atoms with Gasteiger partial charge in [-0.1, -0.05) is 6.07 Å². The van der Waals surface area contributed by atoms with Crippen molar-refractivity contribution in [2.24, 2.45) is 0 Å². The highest BCUT2D eigenvalue weighted by molar-refractivity contribution is 7.92. The lowest BCUT2D eigenvalue weighted by Gasteiger charge is -2.13. The average molecular weight is 309 g/mol. The average Bonchev–Trinajstić information content (AvgIpc) is 2.43. The van der Waals surface area contributed by atoms with Gasteiger partial charge in [0.15, 0.2) is 5.82 Å². The third-order valence-corrected chi connectivity index (χ3v) is 4.55. The Kier molecular flexibility index (Phi) is 4.10. The minimum Gasteiger partial charge on any atom is -0.392 e. The Morgan fingerprint density at radius 1 is 1.29 bits per heavy atom. The van der Waals surface area contributed by atoms with Crippen LogP contribution in [-0.2, 0) is 16.6 Å². The number of aromatic amines is 1. The number of nitrogens with one attached hydrogen (secondary N) is 2. The Balaban J connectivity index is 2.46. The van der Waals surface area contributed by atoms with Crippen molar-refractivity contribution in [3.63, 3.8) is 0 Å². The maximum Gasteiger partial charge on any atom is 0.264 e. The molecule has 0 bridgehead atoms. The van der Waals surface area contributed by atoms with Crippen molar-refractivity contribution < 1.29 is 13.5 Å². The molecule has 0 aliphatic rings. The van der Waals surface area contributed by atoms with Crippen LogP contribution in [0.25, 0.3) is 0 Å². The molecule has 112 valence electrons. The molecule has 0 radical (unpaired) electrons. The topological polar surface area (TPSA) is 112 Å². The first-order valence-corrected chi connectivity index (χ1v) is 7.61. The molecule has 0 saturated heterocycles. The minimum absolute atomic E-state index is 0.0149. The largest absolute Gasteiger partial charge is 0.392 e. The van der Waals surface area contributed by atoms with E-state index in [0.29, 0.717) is 11.1 Å². The van der Waals surface area contributed by atoms with E-state index in [1.807, 2.05) is 0 Å². The zero-order valence-corrected chi connectivity index (χ0v) is 12.4. The summed E-state index contributed by atoms with van der Waals surface area (Å²) in [4.78, 5) is 11.0. The molecular weight excluding hydrogens is 294 g/mol. The quantitative estimate of drug-likeness (QED) is 0.769. The number of aliphatic hydroxyl groups is 1. The van der Waals surface area contributed by atoms with Crippen LogP contribution in [0.1, 0.15) is 16.7 Å². The standard InChI is InChI=1S/C13H15N3O4S/c1-8-5-10(7-17)6-11(9(8)2)21(19,20)16-12-3-4-13(18)15-14-12/h3-6,17H,7H2,1-2H3,(H,14,16)(H,15,18). The van der Waals surface area contributed by atoms with Crippen LogP contribution < -0.4 is 10.3 Å². The van der Waals surface area contributed by atoms with Crippen LogP contribution in [0.3, 0.4) is 0 Å². The van der Waals surface area contributed by atoms with Gasteiger partial charge in [-0.25, -0.2) is 13.5 Å². The molecule has 0 atom stereocenters. The van der Waals surface area contributed by atoms with Crippen molar-refractivity contribution in [3.05, 3.63) is 51.3 Å². The normalized spacial score (nSPS) is 11.4. The number of aryl methyl sites for hydroxylation is 1. The Morgan fingerprint density at radius 3 is 2.57 bits per heavy atom. The molecule has 0 fully saturated rings. The van der Waals surface area contributed by atoms with Crippen LogP contribution in [-0.4, -0.2) is 23.7 Å². The molecule has 7 nitrogen and oxygen atoms in total. The fraction of sp³-hybridized carbons (Fsp3) is 0.231. The molecule has 0 aliphatic carbocycles. The van der Waals surface area contributed by atoms with Gasteiger partial charge in [0.2, 0.25) is 0 Å². The van der Waals surface area contributed by atoms with Crippen molar-refractivity contribution in [2.75, 3.05) is 4.72 Å². The third-order valence-electron chi connectivity index (χ3n) is 3.07. The summed E-state index contributed by atoms with van der Waals surface area (Å²) >= 11 is 0. The first kappa shape index (κ1) is 15.2. The summed E-state index contributed by atoms with van der Waals surface area (Å²) in [5.74, 6) is 0.0149. The van der Waals surface area contributed by atoms with Gasteiger partial charge < -0.3 is 5.11 Å². The number of hydrogen-bond acceptors (Lipinski definition) is 5. The summed E-state index contributed by atoms with van der Waals surface area (Å²) in [6.07, 6.45) is 0. The fourth-order valence-electron chi connectivity index (χ4n) is 1.86. The molecule has 1 aromatic heterocycles. The summed E-state index contributed by atoms with van der Waals surface area (Å²) < 4.78 is 27.1. The number of benzene rings is 1. The maximum absolute atomic E-state index is 12.4. The summed E-state index contributed by atoms with van der Waals surface area (Å²) in [6, 6.07) is 5.59. The van der Waals surface area contributed by atoms with Gasteiger partial charge in [0.25, 0.3) is 15.6 Å². The van der Waals surface area contributed by atoms with E-state index in [2.05, 4.69) is 14.9 Å². The number of rotatable bonds is 4. The highest BCUT2D eigenvalue weighted by atomic mass is 32.2. The smallest absolute Gasteiger partial charge is 0.264 e. The third kappa shape index (κ3) is 3.29. The predicted molar refractivity (Wildman–Crippen MR) is 77.5 cm³/mol. The van der Waals surface area contributed by atoms with E-state index in [4.69, 9.17) is 0 Å². The summed E-state index contributed by atoms with van der Waals surface area (Å²) in [7, 11) is -3.86. The van der Waals surface area contributed by atoms with E-state index in [1.54, 1.807) is 19.9 Å².